The lowest BCUT2D eigenvalue weighted by molar-refractivity contribution is -0.890. The summed E-state index contributed by atoms with van der Waals surface area (Å²) in [5, 5.41) is 5.52. The Kier molecular flexibility index (Phi) is 7.58. The maximum Gasteiger partial charge on any atom is 0.309 e. The van der Waals surface area contributed by atoms with E-state index >= 15 is 0 Å². The second-order valence-corrected chi connectivity index (χ2v) is 7.43. The fourth-order valence-electron chi connectivity index (χ4n) is 3.02. The summed E-state index contributed by atoms with van der Waals surface area (Å²) in [5.41, 5.74) is 3.19. The minimum atomic E-state index is -0.619. The number of carbonyl (C=O) groups excluding carboxylic acids is 2. The summed E-state index contributed by atoms with van der Waals surface area (Å²) >= 11 is 0. The van der Waals surface area contributed by atoms with Crippen LogP contribution in [0.25, 0.3) is 0 Å². The summed E-state index contributed by atoms with van der Waals surface area (Å²) < 4.78 is 0. The van der Waals surface area contributed by atoms with Crippen LogP contribution in [-0.2, 0) is 9.59 Å². The van der Waals surface area contributed by atoms with Crippen molar-refractivity contribution in [1.29, 1.82) is 0 Å². The van der Waals surface area contributed by atoms with Crippen molar-refractivity contribution in [2.24, 2.45) is 0 Å². The molecule has 0 saturated heterocycles. The van der Waals surface area contributed by atoms with Crippen molar-refractivity contribution in [2.75, 3.05) is 39.6 Å². The van der Waals surface area contributed by atoms with Gasteiger partial charge in [0.05, 0.1) is 26.7 Å². The van der Waals surface area contributed by atoms with E-state index in [4.69, 9.17) is 0 Å². The third kappa shape index (κ3) is 5.82. The normalized spacial score (nSPS) is 12.9. The second-order valence-electron chi connectivity index (χ2n) is 7.43. The first-order valence-corrected chi connectivity index (χ1v) is 9.50. The van der Waals surface area contributed by atoms with Gasteiger partial charge < -0.3 is 20.4 Å². The summed E-state index contributed by atoms with van der Waals surface area (Å²) in [6, 6.07) is 17.6. The van der Waals surface area contributed by atoms with Gasteiger partial charge in [0.15, 0.2) is 0 Å². The van der Waals surface area contributed by atoms with Crippen molar-refractivity contribution in [2.45, 2.75) is 19.0 Å². The Balaban J connectivity index is 1.95. The molecule has 28 heavy (non-hydrogen) atoms. The SMILES string of the molecule is C[C@@H](NC(=O)C(=O)NC[C@@H](c1ccc(N(C)C)cc1)[NH+](C)C)c1ccccc1. The van der Waals surface area contributed by atoms with E-state index in [-0.39, 0.29) is 12.1 Å². The van der Waals surface area contributed by atoms with Gasteiger partial charge in [0.2, 0.25) is 0 Å². The number of carbonyl (C=O) groups is 2. The van der Waals surface area contributed by atoms with Gasteiger partial charge in [0, 0.05) is 25.3 Å². The molecule has 2 atom stereocenters. The van der Waals surface area contributed by atoms with E-state index in [1.807, 2.05) is 70.3 Å². The minimum absolute atomic E-state index is 0.0551. The zero-order valence-electron chi connectivity index (χ0n) is 17.3. The molecule has 0 aliphatic carbocycles. The molecule has 0 aliphatic heterocycles. The first-order valence-electron chi connectivity index (χ1n) is 9.50. The highest BCUT2D eigenvalue weighted by molar-refractivity contribution is 6.35. The van der Waals surface area contributed by atoms with Gasteiger partial charge in [-0.1, -0.05) is 42.5 Å². The molecule has 150 valence electrons. The van der Waals surface area contributed by atoms with E-state index < -0.39 is 11.8 Å². The molecule has 0 radical (unpaired) electrons. The number of likely N-dealkylation sites (N-methyl/N-ethyl adjacent to an activating group) is 1. The smallest absolute Gasteiger partial charge is 0.309 e. The van der Waals surface area contributed by atoms with Crippen LogP contribution in [0, 0.1) is 0 Å². The summed E-state index contributed by atoms with van der Waals surface area (Å²) in [5.74, 6) is -1.23. The van der Waals surface area contributed by atoms with Gasteiger partial charge in [0.25, 0.3) is 0 Å². The topological polar surface area (TPSA) is 65.9 Å². The Bertz CT molecular complexity index is 773. The summed E-state index contributed by atoms with van der Waals surface area (Å²) in [7, 11) is 8.07. The molecule has 2 aromatic rings. The van der Waals surface area contributed by atoms with Crippen molar-refractivity contribution < 1.29 is 14.5 Å². The van der Waals surface area contributed by atoms with E-state index in [0.717, 1.165) is 16.8 Å². The van der Waals surface area contributed by atoms with E-state index in [0.29, 0.717) is 6.54 Å². The highest BCUT2D eigenvalue weighted by atomic mass is 16.2. The molecule has 0 saturated carbocycles. The van der Waals surface area contributed by atoms with Crippen molar-refractivity contribution in [1.82, 2.24) is 10.6 Å². The quantitative estimate of drug-likeness (QED) is 0.624. The number of hydrogen-bond acceptors (Lipinski definition) is 3. The first-order chi connectivity index (χ1) is 13.3. The van der Waals surface area contributed by atoms with E-state index in [9.17, 15) is 9.59 Å². The standard InChI is InChI=1S/C22H30N4O2/c1-16(17-9-7-6-8-10-17)24-22(28)21(27)23-15-20(26(4)5)18-11-13-19(14-12-18)25(2)3/h6-14,16,20H,15H2,1-5H3,(H,23,27)(H,24,28)/p+1/t16-,20+/m1/s1. The number of amides is 2. The number of hydrogen-bond donors (Lipinski definition) is 3. The fourth-order valence-corrected chi connectivity index (χ4v) is 3.02. The largest absolute Gasteiger partial charge is 0.378 e. The molecule has 2 rings (SSSR count). The summed E-state index contributed by atoms with van der Waals surface area (Å²) in [4.78, 5) is 27.7. The van der Waals surface area contributed by atoms with E-state index in [1.165, 1.54) is 4.90 Å². The molecule has 3 N–H and O–H groups in total. The van der Waals surface area contributed by atoms with Crippen molar-refractivity contribution in [3.8, 4) is 0 Å². The molecule has 6 heteroatoms. The first kappa shape index (κ1) is 21.4. The van der Waals surface area contributed by atoms with Crippen LogP contribution >= 0.6 is 0 Å². The van der Waals surface area contributed by atoms with Gasteiger partial charge >= 0.3 is 11.8 Å². The monoisotopic (exact) mass is 383 g/mol. The van der Waals surface area contributed by atoms with Gasteiger partial charge in [0.1, 0.15) is 6.04 Å². The molecule has 2 aromatic carbocycles. The van der Waals surface area contributed by atoms with Crippen LogP contribution in [0.4, 0.5) is 5.69 Å². The molecule has 0 fully saturated rings. The fraction of sp³-hybridized carbons (Fsp3) is 0.364. The molecule has 6 nitrogen and oxygen atoms in total. The summed E-state index contributed by atoms with van der Waals surface area (Å²) in [6.07, 6.45) is 0. The van der Waals surface area contributed by atoms with Crippen LogP contribution in [0.2, 0.25) is 0 Å². The highest BCUT2D eigenvalue weighted by Gasteiger charge is 2.22. The number of quaternary nitrogens is 1. The van der Waals surface area contributed by atoms with Crippen LogP contribution in [0.1, 0.15) is 30.1 Å². The van der Waals surface area contributed by atoms with Crippen LogP contribution in [0.5, 0.6) is 0 Å². The third-order valence-electron chi connectivity index (χ3n) is 4.83. The third-order valence-corrected chi connectivity index (χ3v) is 4.83. The van der Waals surface area contributed by atoms with Gasteiger partial charge in [-0.2, -0.15) is 0 Å². The predicted octanol–water partition coefficient (Wildman–Crippen LogP) is 0.932. The lowest BCUT2D eigenvalue weighted by atomic mass is 10.1. The molecule has 0 aromatic heterocycles. The lowest BCUT2D eigenvalue weighted by Crippen LogP contribution is -3.07. The van der Waals surface area contributed by atoms with Gasteiger partial charge in [-0.25, -0.2) is 0 Å². The number of nitrogens with zero attached hydrogens (tertiary/aromatic N) is 1. The molecule has 0 bridgehead atoms. The zero-order valence-corrected chi connectivity index (χ0v) is 17.3. The Hall–Kier alpha value is -2.86. The van der Waals surface area contributed by atoms with Gasteiger partial charge in [-0.05, 0) is 24.6 Å². The number of rotatable bonds is 7. The zero-order chi connectivity index (χ0) is 20.7. The Morgan fingerprint density at radius 2 is 1.54 bits per heavy atom. The molecule has 0 spiro atoms. The van der Waals surface area contributed by atoms with Crippen molar-refractivity contribution >= 4 is 17.5 Å². The van der Waals surface area contributed by atoms with Crippen LogP contribution in [0.3, 0.4) is 0 Å². The van der Waals surface area contributed by atoms with Gasteiger partial charge in [-0.3, -0.25) is 9.59 Å². The lowest BCUT2D eigenvalue weighted by Gasteiger charge is -2.23. The Morgan fingerprint density at radius 3 is 2.07 bits per heavy atom. The van der Waals surface area contributed by atoms with E-state index in [1.54, 1.807) is 0 Å². The van der Waals surface area contributed by atoms with Crippen LogP contribution in [0.15, 0.2) is 54.6 Å². The van der Waals surface area contributed by atoms with E-state index in [2.05, 4.69) is 34.9 Å². The Morgan fingerprint density at radius 1 is 0.929 bits per heavy atom. The highest BCUT2D eigenvalue weighted by Crippen LogP contribution is 2.16. The maximum atomic E-state index is 12.3. The molecule has 0 unspecified atom stereocenters. The second kappa shape index (κ2) is 9.90. The maximum absolute atomic E-state index is 12.3. The average molecular weight is 384 g/mol. The Labute approximate surface area is 167 Å². The van der Waals surface area contributed by atoms with Crippen molar-refractivity contribution in [3.63, 3.8) is 0 Å². The number of benzene rings is 2. The van der Waals surface area contributed by atoms with Crippen molar-refractivity contribution in [3.05, 3.63) is 65.7 Å². The average Bonchev–Trinajstić information content (AvgIpc) is 2.68. The predicted molar refractivity (Wildman–Crippen MR) is 112 cm³/mol. The molecule has 0 heterocycles. The molecule has 2 amide bonds. The van der Waals surface area contributed by atoms with Crippen LogP contribution < -0.4 is 20.4 Å². The minimum Gasteiger partial charge on any atom is -0.378 e. The number of nitrogens with one attached hydrogen (secondary N) is 3. The van der Waals surface area contributed by atoms with Crippen LogP contribution in [-0.4, -0.2) is 46.5 Å². The molecule has 0 aliphatic rings. The molecular formula is C22H31N4O2+. The van der Waals surface area contributed by atoms with Gasteiger partial charge in [-0.15, -0.1) is 0 Å². The summed E-state index contributed by atoms with van der Waals surface area (Å²) in [6.45, 7) is 2.25. The number of anilines is 1. The molecular weight excluding hydrogens is 352 g/mol.